The van der Waals surface area contributed by atoms with Crippen LogP contribution in [0.1, 0.15) is 25.7 Å². The fourth-order valence-electron chi connectivity index (χ4n) is 2.88. The zero-order valence-corrected chi connectivity index (χ0v) is 11.9. The van der Waals surface area contributed by atoms with Crippen LogP contribution in [0, 0.1) is 0 Å². The topological polar surface area (TPSA) is 21.1 Å². The second kappa shape index (κ2) is 5.93. The maximum atomic E-state index is 6.16. The van der Waals surface area contributed by atoms with Crippen molar-refractivity contribution in [3.05, 3.63) is 29.4 Å². The van der Waals surface area contributed by atoms with Gasteiger partial charge in [0.2, 0.25) is 0 Å². The Bertz CT molecular complexity index is 543. The summed E-state index contributed by atoms with van der Waals surface area (Å²) in [7, 11) is 0. The molecule has 1 aliphatic heterocycles. The molecule has 0 N–H and O–H groups in total. The molecule has 0 atom stereocenters. The first-order chi connectivity index (χ1) is 9.34. The van der Waals surface area contributed by atoms with Crippen molar-refractivity contribution in [3.63, 3.8) is 0 Å². The van der Waals surface area contributed by atoms with Crippen LogP contribution in [0.25, 0.3) is 10.9 Å². The molecule has 3 nitrogen and oxygen atoms in total. The molecule has 2 heterocycles. The minimum Gasteiger partial charge on any atom is -0.303 e. The number of fused-ring (bicyclic) bond motifs is 1. The van der Waals surface area contributed by atoms with Gasteiger partial charge in [-0.3, -0.25) is 4.68 Å². The van der Waals surface area contributed by atoms with Gasteiger partial charge in [-0.1, -0.05) is 30.2 Å². The molecule has 1 aliphatic rings. The molecule has 0 aliphatic carbocycles. The van der Waals surface area contributed by atoms with E-state index in [-0.39, 0.29) is 0 Å². The fraction of sp³-hybridized carbons (Fsp3) is 0.533. The molecule has 0 radical (unpaired) electrons. The van der Waals surface area contributed by atoms with E-state index in [4.69, 9.17) is 11.6 Å². The highest BCUT2D eigenvalue weighted by atomic mass is 35.5. The zero-order valence-electron chi connectivity index (χ0n) is 11.2. The van der Waals surface area contributed by atoms with E-state index in [9.17, 15) is 0 Å². The molecule has 102 valence electrons. The van der Waals surface area contributed by atoms with Crippen LogP contribution in [0.15, 0.2) is 24.3 Å². The molecule has 1 fully saturated rings. The first kappa shape index (κ1) is 12.9. The summed E-state index contributed by atoms with van der Waals surface area (Å²) in [5, 5.41) is 6.11. The molecular formula is C15H20ClN3. The SMILES string of the molecule is Clc1nn(CCCN2CCCCC2)c2ccccc12. The third kappa shape index (κ3) is 2.93. The molecule has 0 bridgehead atoms. The molecule has 1 saturated heterocycles. The molecular weight excluding hydrogens is 258 g/mol. The van der Waals surface area contributed by atoms with Crippen molar-refractivity contribution >= 4 is 22.5 Å². The van der Waals surface area contributed by atoms with Crippen LogP contribution in [0.5, 0.6) is 0 Å². The van der Waals surface area contributed by atoms with E-state index < -0.39 is 0 Å². The van der Waals surface area contributed by atoms with Gasteiger partial charge >= 0.3 is 0 Å². The van der Waals surface area contributed by atoms with Gasteiger partial charge in [0.1, 0.15) is 0 Å². The van der Waals surface area contributed by atoms with Crippen molar-refractivity contribution in [1.82, 2.24) is 14.7 Å². The Morgan fingerprint density at radius 2 is 1.84 bits per heavy atom. The Morgan fingerprint density at radius 1 is 1.05 bits per heavy atom. The largest absolute Gasteiger partial charge is 0.303 e. The van der Waals surface area contributed by atoms with Crippen molar-refractivity contribution in [2.45, 2.75) is 32.2 Å². The second-order valence-corrected chi connectivity index (χ2v) is 5.64. The summed E-state index contributed by atoms with van der Waals surface area (Å²) in [5.74, 6) is 0. The number of piperidine rings is 1. The molecule has 4 heteroatoms. The minimum atomic E-state index is 0.619. The van der Waals surface area contributed by atoms with Crippen LogP contribution in [0.2, 0.25) is 5.15 Å². The highest BCUT2D eigenvalue weighted by Crippen LogP contribution is 2.22. The van der Waals surface area contributed by atoms with E-state index in [0.29, 0.717) is 5.15 Å². The van der Waals surface area contributed by atoms with Gasteiger partial charge in [0, 0.05) is 11.9 Å². The lowest BCUT2D eigenvalue weighted by atomic mass is 10.1. The molecule has 19 heavy (non-hydrogen) atoms. The monoisotopic (exact) mass is 277 g/mol. The predicted octanol–water partition coefficient (Wildman–Crippen LogP) is 3.57. The number of rotatable bonds is 4. The van der Waals surface area contributed by atoms with Gasteiger partial charge in [-0.15, -0.1) is 0 Å². The van der Waals surface area contributed by atoms with Crippen LogP contribution in [0.3, 0.4) is 0 Å². The molecule has 3 rings (SSSR count). The summed E-state index contributed by atoms with van der Waals surface area (Å²) in [5.41, 5.74) is 1.14. The van der Waals surface area contributed by atoms with Gasteiger partial charge in [-0.05, 0) is 51.0 Å². The van der Waals surface area contributed by atoms with Gasteiger partial charge in [-0.25, -0.2) is 0 Å². The van der Waals surface area contributed by atoms with Crippen LogP contribution in [-0.2, 0) is 6.54 Å². The van der Waals surface area contributed by atoms with Crippen molar-refractivity contribution in [3.8, 4) is 0 Å². The van der Waals surface area contributed by atoms with Gasteiger partial charge < -0.3 is 4.90 Å². The first-order valence-corrected chi connectivity index (χ1v) is 7.56. The molecule has 0 amide bonds. The van der Waals surface area contributed by atoms with Gasteiger partial charge in [-0.2, -0.15) is 5.10 Å². The third-order valence-electron chi connectivity index (χ3n) is 3.91. The van der Waals surface area contributed by atoms with E-state index in [1.165, 1.54) is 38.9 Å². The number of aromatic nitrogens is 2. The lowest BCUT2D eigenvalue weighted by molar-refractivity contribution is 0.222. The molecule has 0 unspecified atom stereocenters. The summed E-state index contributed by atoms with van der Waals surface area (Å²) in [4.78, 5) is 2.57. The second-order valence-electron chi connectivity index (χ2n) is 5.29. The number of nitrogens with zero attached hydrogens (tertiary/aromatic N) is 3. The summed E-state index contributed by atoms with van der Waals surface area (Å²) in [6, 6.07) is 8.18. The number of halogens is 1. The highest BCUT2D eigenvalue weighted by Gasteiger charge is 2.11. The summed E-state index contributed by atoms with van der Waals surface area (Å²) in [6.07, 6.45) is 5.25. The Labute approximate surface area is 119 Å². The Balaban J connectivity index is 1.62. The average Bonchev–Trinajstić information content (AvgIpc) is 2.78. The predicted molar refractivity (Wildman–Crippen MR) is 79.7 cm³/mol. The fourth-order valence-corrected chi connectivity index (χ4v) is 3.14. The number of benzene rings is 1. The molecule has 2 aromatic rings. The van der Waals surface area contributed by atoms with Crippen LogP contribution < -0.4 is 0 Å². The third-order valence-corrected chi connectivity index (χ3v) is 4.19. The van der Waals surface area contributed by atoms with E-state index in [1.54, 1.807) is 0 Å². The van der Waals surface area contributed by atoms with Crippen LogP contribution in [0.4, 0.5) is 0 Å². The van der Waals surface area contributed by atoms with Crippen molar-refractivity contribution in [2.75, 3.05) is 19.6 Å². The normalized spacial score (nSPS) is 17.1. The van der Waals surface area contributed by atoms with Gasteiger partial charge in [0.25, 0.3) is 0 Å². The number of hydrogen-bond donors (Lipinski definition) is 0. The van der Waals surface area contributed by atoms with Crippen molar-refractivity contribution < 1.29 is 0 Å². The van der Waals surface area contributed by atoms with Crippen molar-refractivity contribution in [2.24, 2.45) is 0 Å². The molecule has 0 spiro atoms. The van der Waals surface area contributed by atoms with Crippen molar-refractivity contribution in [1.29, 1.82) is 0 Å². The minimum absolute atomic E-state index is 0.619. The smallest absolute Gasteiger partial charge is 0.158 e. The molecule has 1 aromatic carbocycles. The molecule has 0 saturated carbocycles. The summed E-state index contributed by atoms with van der Waals surface area (Å²) < 4.78 is 2.04. The zero-order chi connectivity index (χ0) is 13.1. The number of hydrogen-bond acceptors (Lipinski definition) is 2. The number of aryl methyl sites for hydroxylation is 1. The van der Waals surface area contributed by atoms with E-state index in [1.807, 2.05) is 22.9 Å². The lowest BCUT2D eigenvalue weighted by Crippen LogP contribution is -2.31. The average molecular weight is 278 g/mol. The maximum absolute atomic E-state index is 6.16. The number of para-hydroxylation sites is 1. The quantitative estimate of drug-likeness (QED) is 0.852. The lowest BCUT2D eigenvalue weighted by Gasteiger charge is -2.26. The Morgan fingerprint density at radius 3 is 2.68 bits per heavy atom. The molecule has 1 aromatic heterocycles. The van der Waals surface area contributed by atoms with Crippen LogP contribution in [-0.4, -0.2) is 34.3 Å². The maximum Gasteiger partial charge on any atom is 0.158 e. The van der Waals surface area contributed by atoms with E-state index in [2.05, 4.69) is 16.1 Å². The van der Waals surface area contributed by atoms with Gasteiger partial charge in [0.05, 0.1) is 5.52 Å². The Kier molecular flexibility index (Phi) is 4.04. The summed E-state index contributed by atoms with van der Waals surface area (Å²) >= 11 is 6.16. The number of likely N-dealkylation sites (tertiary alicyclic amines) is 1. The van der Waals surface area contributed by atoms with E-state index in [0.717, 1.165) is 23.9 Å². The Hall–Kier alpha value is -1.06. The van der Waals surface area contributed by atoms with E-state index >= 15 is 0 Å². The van der Waals surface area contributed by atoms with Crippen LogP contribution >= 0.6 is 11.6 Å². The highest BCUT2D eigenvalue weighted by molar-refractivity contribution is 6.34. The standard InChI is InChI=1S/C15H20ClN3/c16-15-13-7-2-3-8-14(13)19(17-15)12-6-11-18-9-4-1-5-10-18/h2-3,7-8H,1,4-6,9-12H2. The summed E-state index contributed by atoms with van der Waals surface area (Å²) in [6.45, 7) is 4.65. The van der Waals surface area contributed by atoms with Gasteiger partial charge in [0.15, 0.2) is 5.15 Å². The first-order valence-electron chi connectivity index (χ1n) is 7.18.